The van der Waals surface area contributed by atoms with Crippen molar-refractivity contribution in [1.82, 2.24) is 9.97 Å². The Balaban J connectivity index is 1.33. The summed E-state index contributed by atoms with van der Waals surface area (Å²) in [5.41, 5.74) is 7.56. The quantitative estimate of drug-likeness (QED) is 0.233. The van der Waals surface area contributed by atoms with Crippen molar-refractivity contribution in [1.29, 1.82) is 0 Å². The van der Waals surface area contributed by atoms with Crippen molar-refractivity contribution in [2.75, 3.05) is 0 Å². The Hall–Kier alpha value is -5.08. The van der Waals surface area contributed by atoms with E-state index in [0.29, 0.717) is 0 Å². The summed E-state index contributed by atoms with van der Waals surface area (Å²) >= 11 is 0. The van der Waals surface area contributed by atoms with Gasteiger partial charge in [0.1, 0.15) is 0 Å². The summed E-state index contributed by atoms with van der Waals surface area (Å²) in [4.78, 5) is 9.87. The highest BCUT2D eigenvalue weighted by molar-refractivity contribution is 6.13. The zero-order valence-corrected chi connectivity index (χ0v) is 20.8. The van der Waals surface area contributed by atoms with E-state index in [1.54, 1.807) is 0 Å². The molecule has 0 bridgehead atoms. The van der Waals surface area contributed by atoms with E-state index in [4.69, 9.17) is 9.97 Å². The number of benzene rings is 6. The first-order chi connectivity index (χ1) is 18.8. The maximum atomic E-state index is 5.07. The molecular formula is C36H24N2. The predicted octanol–water partition coefficient (Wildman–Crippen LogP) is 9.45. The van der Waals surface area contributed by atoms with Gasteiger partial charge in [-0.3, -0.25) is 0 Å². The lowest BCUT2D eigenvalue weighted by Crippen LogP contribution is -1.96. The molecule has 0 saturated carbocycles. The van der Waals surface area contributed by atoms with Crippen LogP contribution in [-0.4, -0.2) is 9.97 Å². The molecule has 38 heavy (non-hydrogen) atoms. The third-order valence-corrected chi connectivity index (χ3v) is 7.14. The number of hydrogen-bond donors (Lipinski definition) is 0. The Morgan fingerprint density at radius 3 is 1.68 bits per heavy atom. The van der Waals surface area contributed by atoms with Crippen molar-refractivity contribution in [3.05, 3.63) is 146 Å². The first-order valence-corrected chi connectivity index (χ1v) is 12.8. The summed E-state index contributed by atoms with van der Waals surface area (Å²) < 4.78 is 0. The van der Waals surface area contributed by atoms with Gasteiger partial charge in [-0.25, -0.2) is 9.97 Å². The molecule has 0 spiro atoms. The largest absolute Gasteiger partial charge is 0.236 e. The maximum Gasteiger partial charge on any atom is 0.159 e. The van der Waals surface area contributed by atoms with Crippen molar-refractivity contribution >= 4 is 21.5 Å². The standard InChI is InChI=1S/C36H24N2/c1-3-11-25(12-4-1)34-24-37-36(38-35(34)27-13-5-2-6-14-27)28-21-19-26(20-22-28)33-23-29-15-7-8-16-30(29)31-17-9-10-18-32(31)33/h1-24H. The van der Waals surface area contributed by atoms with Crippen LogP contribution in [0.15, 0.2) is 146 Å². The van der Waals surface area contributed by atoms with Crippen molar-refractivity contribution in [2.24, 2.45) is 0 Å². The molecular weight excluding hydrogens is 460 g/mol. The summed E-state index contributed by atoms with van der Waals surface area (Å²) in [6.45, 7) is 0. The van der Waals surface area contributed by atoms with Gasteiger partial charge >= 0.3 is 0 Å². The lowest BCUT2D eigenvalue weighted by Gasteiger charge is -2.13. The molecule has 7 aromatic rings. The Morgan fingerprint density at radius 1 is 0.395 bits per heavy atom. The SMILES string of the molecule is c1ccc(-c2cnc(-c3ccc(-c4cc5ccccc5c5ccccc45)cc3)nc2-c2ccccc2)cc1. The van der Waals surface area contributed by atoms with Gasteiger partial charge in [-0.05, 0) is 44.3 Å². The number of aromatic nitrogens is 2. The monoisotopic (exact) mass is 484 g/mol. The smallest absolute Gasteiger partial charge is 0.159 e. The van der Waals surface area contributed by atoms with E-state index in [1.165, 1.54) is 32.7 Å². The molecule has 2 heteroatoms. The topological polar surface area (TPSA) is 25.8 Å². The van der Waals surface area contributed by atoms with Crippen molar-refractivity contribution in [3.63, 3.8) is 0 Å². The fraction of sp³-hybridized carbons (Fsp3) is 0. The van der Waals surface area contributed by atoms with Gasteiger partial charge in [0, 0.05) is 22.9 Å². The fourth-order valence-corrected chi connectivity index (χ4v) is 5.26. The summed E-state index contributed by atoms with van der Waals surface area (Å²) in [5, 5.41) is 5.06. The lowest BCUT2D eigenvalue weighted by atomic mass is 9.93. The Kier molecular flexibility index (Phi) is 5.49. The molecule has 1 aromatic heterocycles. The number of nitrogens with zero attached hydrogens (tertiary/aromatic N) is 2. The molecule has 7 rings (SSSR count). The molecule has 0 aliphatic heterocycles. The molecule has 0 saturated heterocycles. The van der Waals surface area contributed by atoms with E-state index in [2.05, 4.69) is 115 Å². The van der Waals surface area contributed by atoms with Crippen LogP contribution in [0.3, 0.4) is 0 Å². The van der Waals surface area contributed by atoms with E-state index >= 15 is 0 Å². The van der Waals surface area contributed by atoms with Crippen molar-refractivity contribution < 1.29 is 0 Å². The van der Waals surface area contributed by atoms with E-state index in [0.717, 1.165) is 33.8 Å². The second-order valence-electron chi connectivity index (χ2n) is 9.46. The van der Waals surface area contributed by atoms with E-state index in [-0.39, 0.29) is 0 Å². The molecule has 0 fully saturated rings. The van der Waals surface area contributed by atoms with Gasteiger partial charge in [0.25, 0.3) is 0 Å². The lowest BCUT2D eigenvalue weighted by molar-refractivity contribution is 1.18. The molecule has 0 aliphatic carbocycles. The highest BCUT2D eigenvalue weighted by Crippen LogP contribution is 2.36. The average molecular weight is 485 g/mol. The van der Waals surface area contributed by atoms with Crippen LogP contribution in [0, 0.1) is 0 Å². The van der Waals surface area contributed by atoms with Crippen molar-refractivity contribution in [2.45, 2.75) is 0 Å². The molecule has 1 heterocycles. The van der Waals surface area contributed by atoms with Crippen LogP contribution in [0.2, 0.25) is 0 Å². The van der Waals surface area contributed by atoms with Crippen LogP contribution in [0.1, 0.15) is 0 Å². The molecule has 0 aliphatic rings. The maximum absolute atomic E-state index is 5.07. The van der Waals surface area contributed by atoms with Crippen LogP contribution in [-0.2, 0) is 0 Å². The van der Waals surface area contributed by atoms with Gasteiger partial charge in [0.05, 0.1) is 5.69 Å². The van der Waals surface area contributed by atoms with Crippen LogP contribution in [0.5, 0.6) is 0 Å². The van der Waals surface area contributed by atoms with Gasteiger partial charge < -0.3 is 0 Å². The van der Waals surface area contributed by atoms with Gasteiger partial charge in [-0.2, -0.15) is 0 Å². The normalized spacial score (nSPS) is 11.2. The highest BCUT2D eigenvalue weighted by Gasteiger charge is 2.13. The van der Waals surface area contributed by atoms with Crippen LogP contribution < -0.4 is 0 Å². The first-order valence-electron chi connectivity index (χ1n) is 12.8. The zero-order valence-electron chi connectivity index (χ0n) is 20.8. The summed E-state index contributed by atoms with van der Waals surface area (Å²) in [6, 6.07) is 48.8. The zero-order chi connectivity index (χ0) is 25.3. The molecule has 0 radical (unpaired) electrons. The van der Waals surface area contributed by atoms with Gasteiger partial charge in [-0.15, -0.1) is 0 Å². The Morgan fingerprint density at radius 2 is 0.947 bits per heavy atom. The third-order valence-electron chi connectivity index (χ3n) is 7.14. The van der Waals surface area contributed by atoms with E-state index in [1.807, 2.05) is 30.5 Å². The molecule has 6 aromatic carbocycles. The summed E-state index contributed by atoms with van der Waals surface area (Å²) in [5.74, 6) is 0.721. The number of hydrogen-bond acceptors (Lipinski definition) is 2. The van der Waals surface area contributed by atoms with Crippen LogP contribution >= 0.6 is 0 Å². The minimum Gasteiger partial charge on any atom is -0.236 e. The van der Waals surface area contributed by atoms with Crippen molar-refractivity contribution in [3.8, 4) is 44.9 Å². The van der Waals surface area contributed by atoms with E-state index < -0.39 is 0 Å². The highest BCUT2D eigenvalue weighted by atomic mass is 14.9. The second kappa shape index (κ2) is 9.42. The molecule has 2 nitrogen and oxygen atoms in total. The van der Waals surface area contributed by atoms with Crippen LogP contribution in [0.25, 0.3) is 66.4 Å². The van der Waals surface area contributed by atoms with Gasteiger partial charge in [-0.1, -0.05) is 133 Å². The Labute approximate surface area is 221 Å². The predicted molar refractivity (Wildman–Crippen MR) is 159 cm³/mol. The summed E-state index contributed by atoms with van der Waals surface area (Å²) in [6.07, 6.45) is 1.95. The fourth-order valence-electron chi connectivity index (χ4n) is 5.26. The Bertz CT molecular complexity index is 1890. The molecule has 0 N–H and O–H groups in total. The number of rotatable bonds is 4. The molecule has 0 unspecified atom stereocenters. The third kappa shape index (κ3) is 3.93. The molecule has 0 atom stereocenters. The first kappa shape index (κ1) is 22.1. The minimum absolute atomic E-state index is 0.721. The average Bonchev–Trinajstić information content (AvgIpc) is 3.01. The second-order valence-corrected chi connectivity index (χ2v) is 9.46. The number of fused-ring (bicyclic) bond motifs is 3. The summed E-state index contributed by atoms with van der Waals surface area (Å²) in [7, 11) is 0. The van der Waals surface area contributed by atoms with E-state index in [9.17, 15) is 0 Å². The molecule has 0 amide bonds. The van der Waals surface area contributed by atoms with Gasteiger partial charge in [0.2, 0.25) is 0 Å². The van der Waals surface area contributed by atoms with Crippen LogP contribution in [0.4, 0.5) is 0 Å². The minimum atomic E-state index is 0.721. The molecule has 178 valence electrons. The van der Waals surface area contributed by atoms with Gasteiger partial charge in [0.15, 0.2) is 5.82 Å².